The molecule has 84 valence electrons. The molecule has 1 rings (SSSR count). The standard InChI is InChI=1S/C10H12F3NO/c1-15-9(6-14)7-2-4-8(5-3-7)10(11,12)13/h2-5,9H,6,14H2,1H3/t9-/m1/s1. The third-order valence-electron chi connectivity index (χ3n) is 2.11. The van der Waals surface area contributed by atoms with E-state index in [0.29, 0.717) is 5.56 Å². The fraction of sp³-hybridized carbons (Fsp3) is 0.400. The highest BCUT2D eigenvalue weighted by Gasteiger charge is 2.30. The lowest BCUT2D eigenvalue weighted by atomic mass is 10.1. The summed E-state index contributed by atoms with van der Waals surface area (Å²) in [6.07, 6.45) is -4.66. The lowest BCUT2D eigenvalue weighted by Crippen LogP contribution is -2.14. The van der Waals surface area contributed by atoms with E-state index in [4.69, 9.17) is 10.5 Å². The largest absolute Gasteiger partial charge is 0.416 e. The molecule has 0 spiro atoms. The summed E-state index contributed by atoms with van der Waals surface area (Å²) in [5, 5.41) is 0. The Morgan fingerprint density at radius 1 is 1.27 bits per heavy atom. The van der Waals surface area contributed by atoms with E-state index in [0.717, 1.165) is 12.1 Å². The predicted octanol–water partition coefficient (Wildman–Crippen LogP) is 2.35. The van der Waals surface area contributed by atoms with E-state index in [2.05, 4.69) is 0 Å². The second-order valence-electron chi connectivity index (χ2n) is 3.08. The van der Waals surface area contributed by atoms with Crippen molar-refractivity contribution in [2.24, 2.45) is 5.73 Å². The average Bonchev–Trinajstić information content (AvgIpc) is 2.19. The molecule has 15 heavy (non-hydrogen) atoms. The molecule has 0 aliphatic rings. The van der Waals surface area contributed by atoms with Crippen molar-refractivity contribution in [2.45, 2.75) is 12.3 Å². The first-order valence-corrected chi connectivity index (χ1v) is 4.39. The van der Waals surface area contributed by atoms with Gasteiger partial charge < -0.3 is 10.5 Å². The van der Waals surface area contributed by atoms with Crippen LogP contribution < -0.4 is 5.73 Å². The highest BCUT2D eigenvalue weighted by Crippen LogP contribution is 2.30. The molecule has 1 aromatic rings. The number of nitrogens with two attached hydrogens (primary N) is 1. The van der Waals surface area contributed by atoms with Gasteiger partial charge in [-0.1, -0.05) is 12.1 Å². The maximum atomic E-state index is 12.2. The second-order valence-corrected chi connectivity index (χ2v) is 3.08. The van der Waals surface area contributed by atoms with E-state index in [1.165, 1.54) is 19.2 Å². The molecular weight excluding hydrogens is 207 g/mol. The van der Waals surface area contributed by atoms with Crippen LogP contribution in [0.1, 0.15) is 17.2 Å². The summed E-state index contributed by atoms with van der Waals surface area (Å²) < 4.78 is 41.7. The van der Waals surface area contributed by atoms with Gasteiger partial charge in [0, 0.05) is 13.7 Å². The highest BCUT2D eigenvalue weighted by atomic mass is 19.4. The van der Waals surface area contributed by atoms with Gasteiger partial charge in [0.1, 0.15) is 0 Å². The van der Waals surface area contributed by atoms with E-state index in [1.807, 2.05) is 0 Å². The predicted molar refractivity (Wildman–Crippen MR) is 50.2 cm³/mol. The molecule has 0 aliphatic carbocycles. The van der Waals surface area contributed by atoms with Crippen LogP contribution in [0.3, 0.4) is 0 Å². The smallest absolute Gasteiger partial charge is 0.375 e. The van der Waals surface area contributed by atoms with Crippen LogP contribution in [0.25, 0.3) is 0 Å². The summed E-state index contributed by atoms with van der Waals surface area (Å²) in [6.45, 7) is 0.238. The molecule has 1 aromatic carbocycles. The first-order chi connectivity index (χ1) is 6.99. The van der Waals surface area contributed by atoms with Gasteiger partial charge in [-0.3, -0.25) is 0 Å². The Labute approximate surface area is 85.8 Å². The van der Waals surface area contributed by atoms with E-state index in [-0.39, 0.29) is 12.6 Å². The average molecular weight is 219 g/mol. The first kappa shape index (κ1) is 12.0. The third-order valence-corrected chi connectivity index (χ3v) is 2.11. The van der Waals surface area contributed by atoms with Crippen LogP contribution in [0.2, 0.25) is 0 Å². The van der Waals surface area contributed by atoms with Crippen LogP contribution in [-0.4, -0.2) is 13.7 Å². The molecule has 2 N–H and O–H groups in total. The van der Waals surface area contributed by atoms with Crippen LogP contribution in [0.4, 0.5) is 13.2 Å². The fourth-order valence-corrected chi connectivity index (χ4v) is 1.26. The van der Waals surface area contributed by atoms with E-state index in [1.54, 1.807) is 0 Å². The number of rotatable bonds is 3. The van der Waals surface area contributed by atoms with Crippen molar-refractivity contribution in [1.29, 1.82) is 0 Å². The van der Waals surface area contributed by atoms with Gasteiger partial charge in [0.05, 0.1) is 11.7 Å². The molecule has 0 bridgehead atoms. The summed E-state index contributed by atoms with van der Waals surface area (Å²) >= 11 is 0. The lowest BCUT2D eigenvalue weighted by molar-refractivity contribution is -0.137. The Balaban J connectivity index is 2.89. The molecule has 0 amide bonds. The Morgan fingerprint density at radius 3 is 2.13 bits per heavy atom. The maximum Gasteiger partial charge on any atom is 0.416 e. The number of halogens is 3. The molecule has 0 unspecified atom stereocenters. The first-order valence-electron chi connectivity index (χ1n) is 4.39. The van der Waals surface area contributed by atoms with E-state index in [9.17, 15) is 13.2 Å². The Bertz CT molecular complexity index is 303. The normalized spacial score (nSPS) is 13.9. The minimum Gasteiger partial charge on any atom is -0.375 e. The molecule has 0 saturated carbocycles. The van der Waals surface area contributed by atoms with Crippen LogP contribution in [-0.2, 0) is 10.9 Å². The van der Waals surface area contributed by atoms with Crippen molar-refractivity contribution in [1.82, 2.24) is 0 Å². The zero-order chi connectivity index (χ0) is 11.5. The number of hydrogen-bond acceptors (Lipinski definition) is 2. The van der Waals surface area contributed by atoms with Gasteiger partial charge in [0.15, 0.2) is 0 Å². The molecular formula is C10H12F3NO. The molecule has 0 heterocycles. The fourth-order valence-electron chi connectivity index (χ4n) is 1.26. The van der Waals surface area contributed by atoms with Crippen LogP contribution in [0.15, 0.2) is 24.3 Å². The van der Waals surface area contributed by atoms with Gasteiger partial charge in [0.2, 0.25) is 0 Å². The van der Waals surface area contributed by atoms with Crippen molar-refractivity contribution in [3.8, 4) is 0 Å². The Hall–Kier alpha value is -1.07. The molecule has 2 nitrogen and oxygen atoms in total. The minimum atomic E-state index is -4.30. The topological polar surface area (TPSA) is 35.2 Å². The zero-order valence-electron chi connectivity index (χ0n) is 8.21. The summed E-state index contributed by atoms with van der Waals surface area (Å²) in [7, 11) is 1.47. The van der Waals surface area contributed by atoms with Gasteiger partial charge in [-0.15, -0.1) is 0 Å². The van der Waals surface area contributed by atoms with Crippen molar-refractivity contribution in [3.05, 3.63) is 35.4 Å². The van der Waals surface area contributed by atoms with Crippen LogP contribution in [0, 0.1) is 0 Å². The molecule has 1 atom stereocenters. The summed E-state index contributed by atoms with van der Waals surface area (Å²) in [5.74, 6) is 0. The summed E-state index contributed by atoms with van der Waals surface area (Å²) in [4.78, 5) is 0. The van der Waals surface area contributed by atoms with Crippen molar-refractivity contribution in [2.75, 3.05) is 13.7 Å². The van der Waals surface area contributed by atoms with Crippen LogP contribution in [0.5, 0.6) is 0 Å². The highest BCUT2D eigenvalue weighted by molar-refractivity contribution is 5.26. The monoisotopic (exact) mass is 219 g/mol. The maximum absolute atomic E-state index is 12.2. The van der Waals surface area contributed by atoms with E-state index >= 15 is 0 Å². The van der Waals surface area contributed by atoms with Crippen LogP contribution >= 0.6 is 0 Å². The number of benzene rings is 1. The second kappa shape index (κ2) is 4.63. The minimum absolute atomic E-state index is 0.238. The number of methoxy groups -OCH3 is 1. The molecule has 0 saturated heterocycles. The zero-order valence-corrected chi connectivity index (χ0v) is 8.21. The summed E-state index contributed by atoms with van der Waals surface area (Å²) in [5.41, 5.74) is 5.37. The van der Waals surface area contributed by atoms with Crippen molar-refractivity contribution >= 4 is 0 Å². The molecule has 0 aliphatic heterocycles. The SMILES string of the molecule is CO[C@H](CN)c1ccc(C(F)(F)F)cc1. The summed E-state index contributed by atoms with van der Waals surface area (Å²) in [6, 6.07) is 4.81. The Kier molecular flexibility index (Phi) is 3.71. The van der Waals surface area contributed by atoms with Gasteiger partial charge in [-0.25, -0.2) is 0 Å². The Morgan fingerprint density at radius 2 is 1.80 bits per heavy atom. The lowest BCUT2D eigenvalue weighted by Gasteiger charge is -2.14. The van der Waals surface area contributed by atoms with E-state index < -0.39 is 11.7 Å². The number of ether oxygens (including phenoxy) is 1. The van der Waals surface area contributed by atoms with Crippen molar-refractivity contribution in [3.63, 3.8) is 0 Å². The van der Waals surface area contributed by atoms with Gasteiger partial charge in [-0.05, 0) is 17.7 Å². The van der Waals surface area contributed by atoms with Crippen molar-refractivity contribution < 1.29 is 17.9 Å². The van der Waals surface area contributed by atoms with Gasteiger partial charge in [0.25, 0.3) is 0 Å². The molecule has 5 heteroatoms. The van der Waals surface area contributed by atoms with Gasteiger partial charge in [-0.2, -0.15) is 13.2 Å². The quantitative estimate of drug-likeness (QED) is 0.846. The third kappa shape index (κ3) is 2.94. The number of alkyl halides is 3. The number of hydrogen-bond donors (Lipinski definition) is 1. The molecule has 0 aromatic heterocycles. The molecule has 0 fully saturated rings. The van der Waals surface area contributed by atoms with Gasteiger partial charge >= 0.3 is 6.18 Å². The molecule has 0 radical (unpaired) electrons.